The van der Waals surface area contributed by atoms with Gasteiger partial charge in [-0.25, -0.2) is 4.98 Å². The van der Waals surface area contributed by atoms with Crippen LogP contribution in [0.5, 0.6) is 0 Å². The van der Waals surface area contributed by atoms with E-state index in [2.05, 4.69) is 32.8 Å². The summed E-state index contributed by atoms with van der Waals surface area (Å²) >= 11 is 14.7. The molecule has 0 fully saturated rings. The van der Waals surface area contributed by atoms with Gasteiger partial charge in [-0.15, -0.1) is 0 Å². The van der Waals surface area contributed by atoms with Gasteiger partial charge in [-0.3, -0.25) is 0 Å². The maximum atomic E-state index is 5.88. The number of aromatic amines is 1. The zero-order valence-electron chi connectivity index (χ0n) is 10.5. The van der Waals surface area contributed by atoms with Crippen LogP contribution in [0.25, 0.3) is 0 Å². The van der Waals surface area contributed by atoms with E-state index in [9.17, 15) is 0 Å². The molecular formula is C14H14BrClN2S. The summed E-state index contributed by atoms with van der Waals surface area (Å²) in [5.41, 5.74) is 2.28. The number of aromatic nitrogens is 2. The first-order valence-corrected chi connectivity index (χ1v) is 7.70. The number of aryl methyl sites for hydroxylation is 1. The van der Waals surface area contributed by atoms with Crippen LogP contribution in [-0.4, -0.2) is 9.97 Å². The molecule has 0 unspecified atom stereocenters. The molecule has 0 atom stereocenters. The monoisotopic (exact) mass is 356 g/mol. The van der Waals surface area contributed by atoms with E-state index in [1.165, 1.54) is 0 Å². The summed E-state index contributed by atoms with van der Waals surface area (Å²) in [6, 6.07) is 7.78. The fourth-order valence-corrected chi connectivity index (χ4v) is 2.60. The van der Waals surface area contributed by atoms with E-state index in [0.29, 0.717) is 4.64 Å². The van der Waals surface area contributed by atoms with E-state index in [4.69, 9.17) is 23.8 Å². The highest BCUT2D eigenvalue weighted by atomic mass is 79.9. The standard InChI is InChI=1S/C14H14BrClN2S/c1-2-3-11-13(15)14(19)18-12(17-11)8-9-4-6-10(16)7-5-9/h4-7H,2-3,8H2,1H3,(H,17,18,19). The average Bonchev–Trinajstić information content (AvgIpc) is 2.38. The topological polar surface area (TPSA) is 28.7 Å². The molecule has 2 rings (SSSR count). The number of halogens is 2. The first kappa shape index (κ1) is 14.7. The molecule has 5 heteroatoms. The summed E-state index contributed by atoms with van der Waals surface area (Å²) in [7, 11) is 0. The van der Waals surface area contributed by atoms with Crippen LogP contribution >= 0.6 is 39.7 Å². The Morgan fingerprint density at radius 2 is 2.00 bits per heavy atom. The molecule has 0 bridgehead atoms. The van der Waals surface area contributed by atoms with Crippen LogP contribution in [0.4, 0.5) is 0 Å². The highest BCUT2D eigenvalue weighted by Crippen LogP contribution is 2.19. The predicted molar refractivity (Wildman–Crippen MR) is 85.4 cm³/mol. The van der Waals surface area contributed by atoms with E-state index in [1.54, 1.807) is 0 Å². The van der Waals surface area contributed by atoms with Crippen molar-refractivity contribution in [2.75, 3.05) is 0 Å². The van der Waals surface area contributed by atoms with E-state index < -0.39 is 0 Å². The summed E-state index contributed by atoms with van der Waals surface area (Å²) in [5, 5.41) is 0.743. The van der Waals surface area contributed by atoms with Gasteiger partial charge >= 0.3 is 0 Å². The minimum Gasteiger partial charge on any atom is -0.346 e. The van der Waals surface area contributed by atoms with Gasteiger partial charge in [-0.05, 0) is 40.0 Å². The first-order chi connectivity index (χ1) is 9.10. The van der Waals surface area contributed by atoms with E-state index in [1.807, 2.05) is 24.3 Å². The Morgan fingerprint density at radius 3 is 2.63 bits per heavy atom. The van der Waals surface area contributed by atoms with Crippen molar-refractivity contribution >= 4 is 39.7 Å². The Labute approximate surface area is 131 Å². The van der Waals surface area contributed by atoms with Gasteiger partial charge in [0, 0.05) is 17.1 Å². The number of benzene rings is 1. The number of nitrogens with zero attached hydrogens (tertiary/aromatic N) is 1. The van der Waals surface area contributed by atoms with Gasteiger partial charge in [0.15, 0.2) is 0 Å². The zero-order valence-corrected chi connectivity index (χ0v) is 13.7. The second kappa shape index (κ2) is 6.64. The second-order valence-electron chi connectivity index (χ2n) is 4.33. The molecule has 2 aromatic rings. The Morgan fingerprint density at radius 1 is 1.32 bits per heavy atom. The number of H-pyrrole nitrogens is 1. The smallest absolute Gasteiger partial charge is 0.144 e. The lowest BCUT2D eigenvalue weighted by Gasteiger charge is -2.08. The van der Waals surface area contributed by atoms with Crippen molar-refractivity contribution in [3.8, 4) is 0 Å². The van der Waals surface area contributed by atoms with Crippen LogP contribution in [0, 0.1) is 4.64 Å². The van der Waals surface area contributed by atoms with Crippen LogP contribution < -0.4 is 0 Å². The van der Waals surface area contributed by atoms with Crippen molar-refractivity contribution in [1.29, 1.82) is 0 Å². The molecule has 0 radical (unpaired) electrons. The number of rotatable bonds is 4. The van der Waals surface area contributed by atoms with Crippen LogP contribution in [-0.2, 0) is 12.8 Å². The largest absolute Gasteiger partial charge is 0.346 e. The molecule has 0 aliphatic rings. The summed E-state index contributed by atoms with van der Waals surface area (Å²) in [4.78, 5) is 7.77. The highest BCUT2D eigenvalue weighted by Gasteiger charge is 2.06. The van der Waals surface area contributed by atoms with Crippen LogP contribution in [0.2, 0.25) is 5.02 Å². The Bertz CT molecular complexity index is 622. The van der Waals surface area contributed by atoms with Crippen molar-refractivity contribution in [3.63, 3.8) is 0 Å². The molecule has 19 heavy (non-hydrogen) atoms. The maximum Gasteiger partial charge on any atom is 0.144 e. The molecule has 0 spiro atoms. The molecule has 0 amide bonds. The number of hydrogen-bond donors (Lipinski definition) is 1. The summed E-state index contributed by atoms with van der Waals surface area (Å²) in [6.45, 7) is 2.14. The van der Waals surface area contributed by atoms with Crippen molar-refractivity contribution in [2.45, 2.75) is 26.2 Å². The van der Waals surface area contributed by atoms with Crippen molar-refractivity contribution in [3.05, 3.63) is 55.5 Å². The van der Waals surface area contributed by atoms with Gasteiger partial charge in [-0.1, -0.05) is 49.3 Å². The van der Waals surface area contributed by atoms with Crippen molar-refractivity contribution in [2.24, 2.45) is 0 Å². The Hall–Kier alpha value is -0.710. The number of hydrogen-bond acceptors (Lipinski definition) is 2. The zero-order chi connectivity index (χ0) is 13.8. The van der Waals surface area contributed by atoms with Crippen LogP contribution in [0.15, 0.2) is 28.7 Å². The second-order valence-corrected chi connectivity index (χ2v) is 5.95. The van der Waals surface area contributed by atoms with Gasteiger partial charge in [0.2, 0.25) is 0 Å². The third kappa shape index (κ3) is 3.88. The minimum absolute atomic E-state index is 0.617. The third-order valence-electron chi connectivity index (χ3n) is 2.77. The fourth-order valence-electron chi connectivity index (χ4n) is 1.86. The Balaban J connectivity index is 2.30. The van der Waals surface area contributed by atoms with Gasteiger partial charge < -0.3 is 4.98 Å². The highest BCUT2D eigenvalue weighted by molar-refractivity contribution is 9.10. The molecule has 1 heterocycles. The van der Waals surface area contributed by atoms with Crippen LogP contribution in [0.1, 0.15) is 30.4 Å². The molecule has 0 aliphatic heterocycles. The fraction of sp³-hybridized carbons (Fsp3) is 0.286. The molecule has 1 aromatic heterocycles. The maximum absolute atomic E-state index is 5.88. The number of nitrogens with one attached hydrogen (secondary N) is 1. The quantitative estimate of drug-likeness (QED) is 0.771. The Kier molecular flexibility index (Phi) is 5.13. The molecular weight excluding hydrogens is 344 g/mol. The first-order valence-electron chi connectivity index (χ1n) is 6.12. The lowest BCUT2D eigenvalue weighted by Crippen LogP contribution is -2.02. The van der Waals surface area contributed by atoms with Gasteiger partial charge in [0.05, 0.1) is 4.47 Å². The lowest BCUT2D eigenvalue weighted by atomic mass is 10.1. The van der Waals surface area contributed by atoms with Crippen molar-refractivity contribution in [1.82, 2.24) is 9.97 Å². The van der Waals surface area contributed by atoms with Gasteiger partial charge in [-0.2, -0.15) is 0 Å². The lowest BCUT2D eigenvalue weighted by molar-refractivity contribution is 0.830. The summed E-state index contributed by atoms with van der Waals surface area (Å²) in [6.07, 6.45) is 2.75. The van der Waals surface area contributed by atoms with Crippen LogP contribution in [0.3, 0.4) is 0 Å². The SMILES string of the molecule is CCCc1[nH]c(Cc2ccc(Cl)cc2)nc(=S)c1Br. The molecule has 100 valence electrons. The van der Waals surface area contributed by atoms with E-state index in [0.717, 1.165) is 45.8 Å². The predicted octanol–water partition coefficient (Wildman–Crippen LogP) is 5.10. The summed E-state index contributed by atoms with van der Waals surface area (Å²) < 4.78 is 1.52. The van der Waals surface area contributed by atoms with E-state index in [-0.39, 0.29) is 0 Å². The average molecular weight is 358 g/mol. The molecule has 0 saturated heterocycles. The summed E-state index contributed by atoms with van der Waals surface area (Å²) in [5.74, 6) is 0.888. The van der Waals surface area contributed by atoms with E-state index >= 15 is 0 Å². The molecule has 2 nitrogen and oxygen atoms in total. The minimum atomic E-state index is 0.617. The normalized spacial score (nSPS) is 10.7. The molecule has 1 aromatic carbocycles. The van der Waals surface area contributed by atoms with Gasteiger partial charge in [0.25, 0.3) is 0 Å². The van der Waals surface area contributed by atoms with Gasteiger partial charge in [0.1, 0.15) is 10.5 Å². The van der Waals surface area contributed by atoms with Crippen molar-refractivity contribution < 1.29 is 0 Å². The molecule has 1 N–H and O–H groups in total. The molecule has 0 aliphatic carbocycles. The molecule has 0 saturated carbocycles. The third-order valence-corrected chi connectivity index (χ3v) is 4.43.